The lowest BCUT2D eigenvalue weighted by Crippen LogP contribution is -2.46. The topological polar surface area (TPSA) is 83.4 Å². The molecular formula is C24H26F3N5O2. The van der Waals surface area contributed by atoms with Crippen molar-refractivity contribution >= 4 is 16.7 Å². The van der Waals surface area contributed by atoms with Gasteiger partial charge in [0.2, 0.25) is 5.88 Å². The summed E-state index contributed by atoms with van der Waals surface area (Å²) in [5.41, 5.74) is 0.179. The second-order valence-corrected chi connectivity index (χ2v) is 8.85. The van der Waals surface area contributed by atoms with Crippen LogP contribution in [0.2, 0.25) is 0 Å². The predicted octanol–water partition coefficient (Wildman–Crippen LogP) is 4.47. The Hall–Kier alpha value is -2.98. The van der Waals surface area contributed by atoms with E-state index in [9.17, 15) is 18.3 Å². The van der Waals surface area contributed by atoms with Gasteiger partial charge in [0.15, 0.2) is 0 Å². The number of nitrogens with zero attached hydrogens (tertiary/aromatic N) is 4. The third-order valence-corrected chi connectivity index (χ3v) is 6.74. The van der Waals surface area contributed by atoms with E-state index in [0.717, 1.165) is 58.1 Å². The minimum atomic E-state index is -4.55. The number of hydrogen-bond acceptors (Lipinski definition) is 7. The Labute approximate surface area is 195 Å². The monoisotopic (exact) mass is 473 g/mol. The first kappa shape index (κ1) is 22.8. The normalized spacial score (nSPS) is 22.1. The molecule has 5 rings (SSSR count). The van der Waals surface area contributed by atoms with Gasteiger partial charge < -0.3 is 15.2 Å². The summed E-state index contributed by atoms with van der Waals surface area (Å²) in [5, 5.41) is 14.4. The largest absolute Gasteiger partial charge is 0.493 e. The second kappa shape index (κ2) is 9.34. The summed E-state index contributed by atoms with van der Waals surface area (Å²) in [6, 6.07) is 6.78. The van der Waals surface area contributed by atoms with Crippen LogP contribution in [0.1, 0.15) is 31.2 Å². The Balaban J connectivity index is 1.37. The molecule has 2 aliphatic rings. The molecule has 0 atom stereocenters. The van der Waals surface area contributed by atoms with Crippen molar-refractivity contribution < 1.29 is 23.0 Å². The number of aromatic nitrogens is 3. The van der Waals surface area contributed by atoms with Gasteiger partial charge in [-0.2, -0.15) is 13.2 Å². The molecule has 0 unspecified atom stereocenters. The Kier molecular flexibility index (Phi) is 6.26. The van der Waals surface area contributed by atoms with Crippen molar-refractivity contribution in [3.8, 4) is 17.0 Å². The summed E-state index contributed by atoms with van der Waals surface area (Å²) >= 11 is 0. The molecule has 1 aromatic carbocycles. The molecule has 2 aromatic heterocycles. The quantitative estimate of drug-likeness (QED) is 0.578. The minimum absolute atomic E-state index is 0.0116. The van der Waals surface area contributed by atoms with Crippen LogP contribution in [0.4, 0.5) is 19.0 Å². The number of aromatic hydroxyl groups is 1. The number of halogens is 3. The number of ether oxygens (including phenoxy) is 1. The van der Waals surface area contributed by atoms with Crippen LogP contribution < -0.4 is 5.32 Å². The number of nitrogens with one attached hydrogen (secondary N) is 1. The fourth-order valence-electron chi connectivity index (χ4n) is 4.89. The van der Waals surface area contributed by atoms with Crippen LogP contribution in [0.25, 0.3) is 22.0 Å². The van der Waals surface area contributed by atoms with Crippen LogP contribution in [-0.4, -0.2) is 63.3 Å². The van der Waals surface area contributed by atoms with Gasteiger partial charge in [0.1, 0.15) is 12.1 Å². The molecule has 2 fully saturated rings. The van der Waals surface area contributed by atoms with E-state index < -0.39 is 17.6 Å². The molecule has 0 amide bonds. The maximum Gasteiger partial charge on any atom is 0.417 e. The van der Waals surface area contributed by atoms with Gasteiger partial charge in [0, 0.05) is 42.3 Å². The molecule has 1 aliphatic carbocycles. The van der Waals surface area contributed by atoms with E-state index in [0.29, 0.717) is 34.5 Å². The Morgan fingerprint density at radius 3 is 2.50 bits per heavy atom. The number of morpholine rings is 1. The molecule has 1 saturated heterocycles. The Morgan fingerprint density at radius 2 is 1.76 bits per heavy atom. The van der Waals surface area contributed by atoms with Crippen molar-refractivity contribution in [2.75, 3.05) is 31.6 Å². The van der Waals surface area contributed by atoms with Gasteiger partial charge >= 0.3 is 6.18 Å². The number of anilines is 1. The van der Waals surface area contributed by atoms with E-state index in [2.05, 4.69) is 25.2 Å². The summed E-state index contributed by atoms with van der Waals surface area (Å²) in [4.78, 5) is 14.8. The smallest absolute Gasteiger partial charge is 0.417 e. The molecule has 2 N–H and O–H groups in total. The zero-order chi connectivity index (χ0) is 23.7. The molecule has 180 valence electrons. The summed E-state index contributed by atoms with van der Waals surface area (Å²) in [7, 11) is 0. The lowest BCUT2D eigenvalue weighted by molar-refractivity contribution is -0.137. The van der Waals surface area contributed by atoms with E-state index >= 15 is 0 Å². The minimum Gasteiger partial charge on any atom is -0.493 e. The molecule has 3 heterocycles. The third kappa shape index (κ3) is 4.78. The second-order valence-electron chi connectivity index (χ2n) is 8.85. The highest BCUT2D eigenvalue weighted by atomic mass is 19.4. The predicted molar refractivity (Wildman–Crippen MR) is 121 cm³/mol. The number of fused-ring (bicyclic) bond motifs is 1. The number of pyridine rings is 1. The first-order valence-electron chi connectivity index (χ1n) is 11.5. The maximum absolute atomic E-state index is 13.2. The van der Waals surface area contributed by atoms with Gasteiger partial charge in [-0.25, -0.2) is 15.0 Å². The van der Waals surface area contributed by atoms with Gasteiger partial charge in [-0.15, -0.1) is 0 Å². The average Bonchev–Trinajstić information content (AvgIpc) is 2.85. The maximum atomic E-state index is 13.2. The molecular weight excluding hydrogens is 447 g/mol. The fraction of sp³-hybridized carbons (Fsp3) is 0.458. The van der Waals surface area contributed by atoms with Crippen LogP contribution in [-0.2, 0) is 10.9 Å². The van der Waals surface area contributed by atoms with E-state index in [-0.39, 0.29) is 11.6 Å². The molecule has 34 heavy (non-hydrogen) atoms. The summed E-state index contributed by atoms with van der Waals surface area (Å²) in [5.74, 6) is 0.182. The standard InChI is InChI=1S/C24H26F3N5O2/c25-24(26,27)16-12-19(23(33)28-13-16)15-1-6-21-20(11-15)22(30-14-29-21)31-17-2-4-18(5-3-17)32-7-9-34-10-8-32/h1,6,11-14,17-18H,2-5,7-10H2,(H,28,33)(H,29,30,31)/t17-,18-. The molecule has 0 bridgehead atoms. The van der Waals surface area contributed by atoms with Gasteiger partial charge in [-0.1, -0.05) is 6.07 Å². The van der Waals surface area contributed by atoms with Crippen molar-refractivity contribution in [1.82, 2.24) is 19.9 Å². The highest BCUT2D eigenvalue weighted by molar-refractivity contribution is 5.93. The molecule has 10 heteroatoms. The zero-order valence-electron chi connectivity index (χ0n) is 18.6. The van der Waals surface area contributed by atoms with E-state index in [1.54, 1.807) is 18.2 Å². The molecule has 0 spiro atoms. The van der Waals surface area contributed by atoms with Gasteiger partial charge in [0.25, 0.3) is 0 Å². The number of hydrogen-bond donors (Lipinski definition) is 2. The van der Waals surface area contributed by atoms with Crippen molar-refractivity contribution in [2.24, 2.45) is 0 Å². The first-order chi connectivity index (χ1) is 16.4. The third-order valence-electron chi connectivity index (χ3n) is 6.74. The Morgan fingerprint density at radius 1 is 1.00 bits per heavy atom. The van der Waals surface area contributed by atoms with Gasteiger partial charge in [-0.3, -0.25) is 4.90 Å². The van der Waals surface area contributed by atoms with Crippen LogP contribution in [0.15, 0.2) is 36.8 Å². The molecule has 1 saturated carbocycles. The number of benzene rings is 1. The Bertz CT molecular complexity index is 1160. The van der Waals surface area contributed by atoms with E-state index in [4.69, 9.17) is 4.74 Å². The highest BCUT2D eigenvalue weighted by Gasteiger charge is 2.32. The average molecular weight is 473 g/mol. The van der Waals surface area contributed by atoms with Crippen LogP contribution >= 0.6 is 0 Å². The number of alkyl halides is 3. The van der Waals surface area contributed by atoms with Gasteiger partial charge in [-0.05, 0) is 49.4 Å². The lowest BCUT2D eigenvalue weighted by atomic mass is 9.90. The number of rotatable bonds is 4. The van der Waals surface area contributed by atoms with Crippen molar-refractivity contribution in [1.29, 1.82) is 0 Å². The van der Waals surface area contributed by atoms with E-state index in [1.807, 2.05) is 0 Å². The van der Waals surface area contributed by atoms with Gasteiger partial charge in [0.05, 0.1) is 24.3 Å². The fourth-order valence-corrected chi connectivity index (χ4v) is 4.89. The summed E-state index contributed by atoms with van der Waals surface area (Å²) in [6.45, 7) is 3.56. The SMILES string of the molecule is Oc1ncc(C(F)(F)F)cc1-c1ccc2ncnc(N[C@H]3CC[C@H](N4CCOCC4)CC3)c2c1. The first-order valence-corrected chi connectivity index (χ1v) is 11.5. The molecule has 3 aromatic rings. The molecule has 0 radical (unpaired) electrons. The molecule has 7 nitrogen and oxygen atoms in total. The molecule has 1 aliphatic heterocycles. The van der Waals surface area contributed by atoms with Crippen LogP contribution in [0, 0.1) is 0 Å². The van der Waals surface area contributed by atoms with Crippen molar-refractivity contribution in [2.45, 2.75) is 43.9 Å². The van der Waals surface area contributed by atoms with E-state index in [1.165, 1.54) is 6.33 Å². The lowest BCUT2D eigenvalue weighted by Gasteiger charge is -2.39. The van der Waals surface area contributed by atoms with Crippen LogP contribution in [0.5, 0.6) is 5.88 Å². The van der Waals surface area contributed by atoms with Crippen molar-refractivity contribution in [3.05, 3.63) is 42.4 Å². The summed E-state index contributed by atoms with van der Waals surface area (Å²) < 4.78 is 45.0. The van der Waals surface area contributed by atoms with Crippen molar-refractivity contribution in [3.63, 3.8) is 0 Å². The zero-order valence-corrected chi connectivity index (χ0v) is 18.6. The summed E-state index contributed by atoms with van der Waals surface area (Å²) in [6.07, 6.45) is 1.75. The van der Waals surface area contributed by atoms with Crippen LogP contribution in [0.3, 0.4) is 0 Å². The highest BCUT2D eigenvalue weighted by Crippen LogP contribution is 2.37.